The van der Waals surface area contributed by atoms with Crippen LogP contribution >= 0.6 is 0 Å². The molecule has 5 aromatic rings. The van der Waals surface area contributed by atoms with Crippen LogP contribution in [0.4, 0.5) is 20.3 Å². The number of aromatic nitrogens is 3. The molecule has 378 valence electrons. The molecule has 6 aliphatic heterocycles. The largest absolute Gasteiger partial charge is 0.508 e. The Hall–Kier alpha value is -6.52. The third kappa shape index (κ3) is 8.10. The van der Waals surface area contributed by atoms with Crippen molar-refractivity contribution in [2.75, 3.05) is 75.3 Å². The van der Waals surface area contributed by atoms with E-state index in [1.54, 1.807) is 18.3 Å². The van der Waals surface area contributed by atoms with Crippen molar-refractivity contribution in [3.8, 4) is 35.4 Å². The molecule has 2 saturated carbocycles. The molecule has 4 N–H and O–H groups in total. The van der Waals surface area contributed by atoms with Crippen LogP contribution in [0.3, 0.4) is 0 Å². The van der Waals surface area contributed by atoms with Crippen molar-refractivity contribution in [3.05, 3.63) is 77.0 Å². The molecule has 4 atom stereocenters. The summed E-state index contributed by atoms with van der Waals surface area (Å²) >= 11 is 0. The van der Waals surface area contributed by atoms with E-state index in [4.69, 9.17) is 21.1 Å². The van der Waals surface area contributed by atoms with E-state index in [9.17, 15) is 24.6 Å². The number of pyridine rings is 1. The molecule has 2 bridgehead atoms. The van der Waals surface area contributed by atoms with Gasteiger partial charge in [0.05, 0.1) is 28.7 Å². The number of carbonyl (C=O) groups excluding carboxylic acids is 3. The zero-order chi connectivity index (χ0) is 49.9. The summed E-state index contributed by atoms with van der Waals surface area (Å²) in [6.07, 6.45) is 15.7. The summed E-state index contributed by atoms with van der Waals surface area (Å²) in [6, 6.07) is 11.3. The van der Waals surface area contributed by atoms with Gasteiger partial charge in [0, 0.05) is 92.2 Å². The molecular formula is C55H58F2N10O6. The van der Waals surface area contributed by atoms with Crippen molar-refractivity contribution in [1.82, 2.24) is 40.3 Å². The van der Waals surface area contributed by atoms with Crippen LogP contribution in [-0.4, -0.2) is 153 Å². The van der Waals surface area contributed by atoms with Crippen LogP contribution in [0.25, 0.3) is 32.9 Å². The Morgan fingerprint density at radius 2 is 1.59 bits per heavy atom. The van der Waals surface area contributed by atoms with Crippen molar-refractivity contribution in [1.29, 1.82) is 0 Å². The zero-order valence-corrected chi connectivity index (χ0v) is 40.6. The van der Waals surface area contributed by atoms with Gasteiger partial charge < -0.3 is 40.3 Å². The van der Waals surface area contributed by atoms with Gasteiger partial charge in [-0.25, -0.2) is 8.78 Å². The summed E-state index contributed by atoms with van der Waals surface area (Å²) in [5.74, 6) is 0.0555. The second kappa shape index (κ2) is 17.6. The Morgan fingerprint density at radius 1 is 0.836 bits per heavy atom. The number of benzene rings is 3. The number of aromatic hydroxyl groups is 1. The number of likely N-dealkylation sites (tertiary alicyclic amines) is 1. The number of aliphatic hydroxyl groups is 1. The Kier molecular flexibility index (Phi) is 11.1. The molecule has 8 aliphatic rings. The standard InChI is InChI=1S/C55H58F2N10O6/c1-2-37-42(56)8-3-31-21-36(68)23-40(45(31)37)47-46(57)48-41(26-58-47)49(66-27-32-4-5-33(28-66)59-32)62-53(61-48)73-30-55(11-12-55)29-63-15-13-54(14-16-63)24-35(25-54)65-19-17-64(18-20-65)34-6-7-38-39(22-34)52(72)67(51(38)71)43-9-10-44(69)60-50(43)70/h1,3,6-8,21-23,26,32-33,35,43-44,59,68-69H,4-5,9-20,24-25,27-30H2,(H,60,70). The highest BCUT2D eigenvalue weighted by molar-refractivity contribution is 6.23. The molecule has 16 nitrogen and oxygen atoms in total. The quantitative estimate of drug-likeness (QED) is 0.106. The summed E-state index contributed by atoms with van der Waals surface area (Å²) in [5.41, 5.74) is 1.91. The van der Waals surface area contributed by atoms with Crippen LogP contribution in [-0.2, 0) is 4.79 Å². The van der Waals surface area contributed by atoms with E-state index in [1.807, 2.05) is 6.07 Å². The number of fused-ring (bicyclic) bond motifs is 5. The number of halogens is 2. The van der Waals surface area contributed by atoms with E-state index < -0.39 is 41.6 Å². The van der Waals surface area contributed by atoms with Crippen LogP contribution in [0, 0.1) is 34.8 Å². The molecular weight excluding hydrogens is 935 g/mol. The maximum atomic E-state index is 17.2. The number of piperidine rings is 2. The van der Waals surface area contributed by atoms with E-state index >= 15 is 8.78 Å². The predicted octanol–water partition coefficient (Wildman–Crippen LogP) is 5.17. The summed E-state index contributed by atoms with van der Waals surface area (Å²) < 4.78 is 38.8. The van der Waals surface area contributed by atoms with Crippen LogP contribution in [0.5, 0.6) is 11.8 Å². The lowest BCUT2D eigenvalue weighted by Gasteiger charge is -2.56. The highest BCUT2D eigenvalue weighted by Crippen LogP contribution is 2.53. The number of hydrogen-bond acceptors (Lipinski definition) is 14. The molecule has 4 unspecified atom stereocenters. The van der Waals surface area contributed by atoms with Gasteiger partial charge in [-0.3, -0.25) is 29.2 Å². The predicted molar refractivity (Wildman–Crippen MR) is 268 cm³/mol. The SMILES string of the molecule is C#Cc1c(F)ccc2cc(O)cc(-c3ncc4c(N5CC6CCC(C5)N6)nc(OCC5(CN6CCC7(CC6)CC(N6CCN(c8ccc9c(c8)C(=O)N(C8CCC(O)NC8=O)C9=O)CC6)C7)CC5)nc4c3F)c12. The molecule has 18 heteroatoms. The minimum absolute atomic E-state index is 0.0389. The van der Waals surface area contributed by atoms with Gasteiger partial charge in [-0.2, -0.15) is 9.97 Å². The number of hydrogen-bond donors (Lipinski definition) is 4. The Labute approximate surface area is 421 Å². The van der Waals surface area contributed by atoms with E-state index in [-0.39, 0.29) is 57.7 Å². The fraction of sp³-hybridized carbons (Fsp3) is 0.491. The van der Waals surface area contributed by atoms with Crippen LogP contribution in [0.15, 0.2) is 48.7 Å². The number of aliphatic hydroxyl groups excluding tert-OH is 1. The van der Waals surface area contributed by atoms with Crippen molar-refractivity contribution >= 4 is 50.9 Å². The summed E-state index contributed by atoms with van der Waals surface area (Å²) in [4.78, 5) is 64.3. The third-order valence-corrected chi connectivity index (χ3v) is 17.6. The fourth-order valence-corrected chi connectivity index (χ4v) is 13.3. The molecule has 5 saturated heterocycles. The van der Waals surface area contributed by atoms with Gasteiger partial charge in [-0.1, -0.05) is 12.0 Å². The second-order valence-corrected chi connectivity index (χ2v) is 22.2. The van der Waals surface area contributed by atoms with Crippen LogP contribution < -0.4 is 25.2 Å². The smallest absolute Gasteiger partial charge is 0.319 e. The minimum atomic E-state index is -0.968. The lowest BCUT2D eigenvalue weighted by atomic mass is 9.60. The second-order valence-electron chi connectivity index (χ2n) is 22.2. The normalized spacial score (nSPS) is 25.8. The number of rotatable bonds is 10. The molecule has 2 aliphatic carbocycles. The molecule has 13 rings (SSSR count). The van der Waals surface area contributed by atoms with E-state index in [2.05, 4.69) is 41.1 Å². The van der Waals surface area contributed by atoms with Crippen LogP contribution in [0.1, 0.15) is 90.5 Å². The van der Waals surface area contributed by atoms with Gasteiger partial charge in [-0.05, 0) is 124 Å². The molecule has 3 aromatic carbocycles. The van der Waals surface area contributed by atoms with Gasteiger partial charge >= 0.3 is 6.01 Å². The monoisotopic (exact) mass is 992 g/mol. The number of anilines is 2. The summed E-state index contributed by atoms with van der Waals surface area (Å²) in [5, 5.41) is 27.8. The number of phenolic OH excluding ortho intramolecular Hbond substituents is 1. The third-order valence-electron chi connectivity index (χ3n) is 17.6. The molecule has 3 amide bonds. The Morgan fingerprint density at radius 3 is 2.32 bits per heavy atom. The maximum Gasteiger partial charge on any atom is 0.319 e. The highest BCUT2D eigenvalue weighted by Gasteiger charge is 2.51. The number of phenols is 1. The average molecular weight is 993 g/mol. The number of ether oxygens (including phenoxy) is 1. The first-order valence-corrected chi connectivity index (χ1v) is 26.0. The molecule has 0 radical (unpaired) electrons. The molecule has 2 aromatic heterocycles. The number of terminal acetylenes is 1. The average Bonchev–Trinajstić information content (AvgIpc) is 4.00. The molecule has 1 spiro atoms. The van der Waals surface area contributed by atoms with Gasteiger partial charge in [0.1, 0.15) is 40.9 Å². The first kappa shape index (κ1) is 46.3. The number of carbonyl (C=O) groups is 3. The minimum Gasteiger partial charge on any atom is -0.508 e. The Balaban J connectivity index is 0.645. The van der Waals surface area contributed by atoms with E-state index in [1.165, 1.54) is 37.1 Å². The van der Waals surface area contributed by atoms with Crippen molar-refractivity contribution in [2.45, 2.75) is 94.6 Å². The number of imide groups is 1. The summed E-state index contributed by atoms with van der Waals surface area (Å²) in [6.45, 7) is 8.27. The first-order chi connectivity index (χ1) is 35.3. The van der Waals surface area contributed by atoms with Crippen molar-refractivity contribution in [2.24, 2.45) is 10.8 Å². The lowest BCUT2D eigenvalue weighted by Crippen LogP contribution is -2.59. The maximum absolute atomic E-state index is 17.2. The number of nitrogens with one attached hydrogen (secondary N) is 2. The fourth-order valence-electron chi connectivity index (χ4n) is 13.3. The first-order valence-electron chi connectivity index (χ1n) is 26.0. The Bertz CT molecular complexity index is 3150. The number of piperazine rings is 2. The summed E-state index contributed by atoms with van der Waals surface area (Å²) in [7, 11) is 0. The van der Waals surface area contributed by atoms with Gasteiger partial charge in [0.2, 0.25) is 5.91 Å². The lowest BCUT2D eigenvalue weighted by molar-refractivity contribution is -0.131. The van der Waals surface area contributed by atoms with Crippen molar-refractivity contribution < 1.29 is 38.1 Å². The van der Waals surface area contributed by atoms with Gasteiger partial charge in [0.25, 0.3) is 11.8 Å². The zero-order valence-electron chi connectivity index (χ0n) is 40.6. The van der Waals surface area contributed by atoms with E-state index in [0.717, 1.165) is 94.9 Å². The molecule has 8 heterocycles. The highest BCUT2D eigenvalue weighted by atomic mass is 19.1. The molecule has 7 fully saturated rings. The van der Waals surface area contributed by atoms with Gasteiger partial charge in [-0.15, -0.1) is 6.42 Å². The van der Waals surface area contributed by atoms with Crippen LogP contribution in [0.2, 0.25) is 0 Å². The van der Waals surface area contributed by atoms with Gasteiger partial charge in [0.15, 0.2) is 5.82 Å². The topological polar surface area (TPSA) is 180 Å². The molecule has 73 heavy (non-hydrogen) atoms. The van der Waals surface area contributed by atoms with Crippen molar-refractivity contribution in [3.63, 3.8) is 0 Å². The van der Waals surface area contributed by atoms with E-state index in [0.29, 0.717) is 71.0 Å². The number of nitrogens with zero attached hydrogens (tertiary/aromatic N) is 8. The number of amides is 3.